The highest BCUT2D eigenvalue weighted by Gasteiger charge is 2.21. The van der Waals surface area contributed by atoms with E-state index >= 15 is 0 Å². The molecule has 0 aliphatic carbocycles. The molecule has 0 bridgehead atoms. The Morgan fingerprint density at radius 2 is 1.76 bits per heavy atom. The van der Waals surface area contributed by atoms with Gasteiger partial charge >= 0.3 is 0 Å². The third-order valence-electron chi connectivity index (χ3n) is 5.09. The molecule has 1 fully saturated rings. The topological polar surface area (TPSA) is 60.0 Å². The van der Waals surface area contributed by atoms with Crippen LogP contribution < -0.4 is 19.5 Å². The van der Waals surface area contributed by atoms with Crippen LogP contribution in [0.2, 0.25) is 0 Å². The summed E-state index contributed by atoms with van der Waals surface area (Å²) in [4.78, 5) is 15.0. The van der Waals surface area contributed by atoms with Crippen molar-refractivity contribution in [2.45, 2.75) is 38.4 Å². The molecule has 0 spiro atoms. The first-order valence-corrected chi connectivity index (χ1v) is 10.1. The number of rotatable bonds is 8. The number of para-hydroxylation sites is 2. The van der Waals surface area contributed by atoms with E-state index in [0.29, 0.717) is 23.6 Å². The Hall–Kier alpha value is -2.73. The number of likely N-dealkylation sites (tertiary alicyclic amines) is 1. The summed E-state index contributed by atoms with van der Waals surface area (Å²) in [5.41, 5.74) is 0.716. The van der Waals surface area contributed by atoms with E-state index in [0.717, 1.165) is 31.7 Å². The first kappa shape index (κ1) is 21.0. The average Bonchev–Trinajstić information content (AvgIpc) is 2.75. The van der Waals surface area contributed by atoms with Crippen LogP contribution in [0.25, 0.3) is 0 Å². The van der Waals surface area contributed by atoms with Gasteiger partial charge in [-0.25, -0.2) is 0 Å². The molecule has 6 nitrogen and oxygen atoms in total. The zero-order valence-corrected chi connectivity index (χ0v) is 17.4. The Morgan fingerprint density at radius 1 is 1.10 bits per heavy atom. The minimum Gasteiger partial charge on any atom is -0.493 e. The van der Waals surface area contributed by atoms with E-state index in [9.17, 15) is 4.79 Å². The van der Waals surface area contributed by atoms with Crippen LogP contribution in [0.15, 0.2) is 48.5 Å². The summed E-state index contributed by atoms with van der Waals surface area (Å²) in [6.45, 7) is 4.03. The molecule has 1 N–H and O–H groups in total. The van der Waals surface area contributed by atoms with Crippen molar-refractivity contribution in [1.82, 2.24) is 4.90 Å². The second-order valence-corrected chi connectivity index (χ2v) is 7.30. The van der Waals surface area contributed by atoms with Crippen LogP contribution in [0.1, 0.15) is 26.2 Å². The fourth-order valence-corrected chi connectivity index (χ4v) is 3.33. The van der Waals surface area contributed by atoms with Gasteiger partial charge in [0, 0.05) is 18.8 Å². The molecule has 0 aromatic heterocycles. The molecule has 1 unspecified atom stereocenters. The third kappa shape index (κ3) is 5.87. The van der Waals surface area contributed by atoms with Crippen molar-refractivity contribution >= 4 is 11.6 Å². The van der Waals surface area contributed by atoms with Gasteiger partial charge in [0.05, 0.1) is 7.11 Å². The lowest BCUT2D eigenvalue weighted by atomic mass is 10.1. The molecule has 1 aliphatic heterocycles. The number of ether oxygens (including phenoxy) is 3. The lowest BCUT2D eigenvalue weighted by Crippen LogP contribution is -2.35. The van der Waals surface area contributed by atoms with Gasteiger partial charge in [-0.05, 0) is 62.7 Å². The quantitative estimate of drug-likeness (QED) is 0.729. The number of carbonyl (C=O) groups excluding carboxylic acids is 1. The molecule has 0 radical (unpaired) electrons. The van der Waals surface area contributed by atoms with Crippen molar-refractivity contribution in [1.29, 1.82) is 0 Å². The number of anilines is 1. The van der Waals surface area contributed by atoms with Gasteiger partial charge in [-0.1, -0.05) is 19.1 Å². The van der Waals surface area contributed by atoms with Crippen LogP contribution in [0.3, 0.4) is 0 Å². The summed E-state index contributed by atoms with van der Waals surface area (Å²) in [5, 5.41) is 2.92. The predicted molar refractivity (Wildman–Crippen MR) is 114 cm³/mol. The summed E-state index contributed by atoms with van der Waals surface area (Å²) in [6.07, 6.45) is 2.26. The zero-order valence-electron chi connectivity index (χ0n) is 17.4. The number of hydrogen-bond acceptors (Lipinski definition) is 5. The zero-order chi connectivity index (χ0) is 20.6. The number of methoxy groups -OCH3 is 1. The normalized spacial score (nSPS) is 16.1. The van der Waals surface area contributed by atoms with E-state index < -0.39 is 6.10 Å². The highest BCUT2D eigenvalue weighted by Crippen LogP contribution is 2.28. The summed E-state index contributed by atoms with van der Waals surface area (Å²) in [6, 6.07) is 14.8. The van der Waals surface area contributed by atoms with Crippen LogP contribution in [-0.2, 0) is 4.79 Å². The van der Waals surface area contributed by atoms with Crippen molar-refractivity contribution in [3.8, 4) is 17.2 Å². The van der Waals surface area contributed by atoms with Crippen LogP contribution in [-0.4, -0.2) is 50.3 Å². The molecule has 1 aliphatic rings. The van der Waals surface area contributed by atoms with E-state index in [-0.39, 0.29) is 12.0 Å². The molecule has 0 saturated carbocycles. The van der Waals surface area contributed by atoms with Gasteiger partial charge in [0.15, 0.2) is 17.6 Å². The van der Waals surface area contributed by atoms with Crippen molar-refractivity contribution in [2.75, 3.05) is 32.6 Å². The number of benzene rings is 2. The van der Waals surface area contributed by atoms with Gasteiger partial charge in [-0.3, -0.25) is 4.79 Å². The van der Waals surface area contributed by atoms with Gasteiger partial charge in [0.25, 0.3) is 5.91 Å². The largest absolute Gasteiger partial charge is 0.493 e. The number of carbonyl (C=O) groups is 1. The Kier molecular flexibility index (Phi) is 7.36. The predicted octanol–water partition coefficient (Wildman–Crippen LogP) is 3.96. The summed E-state index contributed by atoms with van der Waals surface area (Å²) in [5.74, 6) is 1.80. The smallest absolute Gasteiger partial charge is 0.265 e. The highest BCUT2D eigenvalue weighted by molar-refractivity contribution is 5.94. The second kappa shape index (κ2) is 10.2. The maximum Gasteiger partial charge on any atom is 0.265 e. The maximum absolute atomic E-state index is 12.7. The fourth-order valence-electron chi connectivity index (χ4n) is 3.33. The Balaban J connectivity index is 1.56. The Morgan fingerprint density at radius 3 is 2.38 bits per heavy atom. The van der Waals surface area contributed by atoms with Crippen molar-refractivity contribution in [2.24, 2.45) is 0 Å². The SMILES string of the molecule is CCC(Oc1ccccc1OC)C(=O)Nc1ccc(OC2CCN(C)CC2)cc1. The second-order valence-electron chi connectivity index (χ2n) is 7.30. The molecular formula is C23H30N2O4. The molecule has 1 atom stereocenters. The maximum atomic E-state index is 12.7. The Bertz CT molecular complexity index is 786. The summed E-state index contributed by atoms with van der Waals surface area (Å²) in [7, 11) is 3.72. The fraction of sp³-hybridized carbons (Fsp3) is 0.435. The van der Waals surface area contributed by atoms with Crippen molar-refractivity contribution in [3.05, 3.63) is 48.5 Å². The first-order valence-electron chi connectivity index (χ1n) is 10.1. The number of piperidine rings is 1. The Labute approximate surface area is 172 Å². The number of amides is 1. The van der Waals surface area contributed by atoms with Crippen molar-refractivity contribution in [3.63, 3.8) is 0 Å². The molecule has 1 amide bonds. The lowest BCUT2D eigenvalue weighted by Gasteiger charge is -2.29. The average molecular weight is 399 g/mol. The monoisotopic (exact) mass is 398 g/mol. The van der Waals surface area contributed by atoms with E-state index in [1.807, 2.05) is 49.4 Å². The molecule has 2 aromatic rings. The number of nitrogens with one attached hydrogen (secondary N) is 1. The molecule has 2 aromatic carbocycles. The van der Waals surface area contributed by atoms with E-state index in [4.69, 9.17) is 14.2 Å². The minimum atomic E-state index is -0.610. The van der Waals surface area contributed by atoms with E-state index in [1.54, 1.807) is 13.2 Å². The molecule has 3 rings (SSSR count). The molecule has 6 heteroatoms. The van der Waals surface area contributed by atoms with E-state index in [1.165, 1.54) is 0 Å². The lowest BCUT2D eigenvalue weighted by molar-refractivity contribution is -0.122. The van der Waals surface area contributed by atoms with Gasteiger partial charge in [-0.2, -0.15) is 0 Å². The third-order valence-corrected chi connectivity index (χ3v) is 5.09. The van der Waals surface area contributed by atoms with Gasteiger partial charge < -0.3 is 24.4 Å². The molecule has 1 heterocycles. The number of hydrogen-bond donors (Lipinski definition) is 1. The van der Waals surface area contributed by atoms with Crippen LogP contribution in [0.5, 0.6) is 17.2 Å². The van der Waals surface area contributed by atoms with Gasteiger partial charge in [-0.15, -0.1) is 0 Å². The molecule has 29 heavy (non-hydrogen) atoms. The van der Waals surface area contributed by atoms with Gasteiger partial charge in [0.1, 0.15) is 11.9 Å². The molecule has 1 saturated heterocycles. The number of nitrogens with zero attached hydrogens (tertiary/aromatic N) is 1. The first-order chi connectivity index (χ1) is 14.1. The highest BCUT2D eigenvalue weighted by atomic mass is 16.5. The van der Waals surface area contributed by atoms with E-state index in [2.05, 4.69) is 17.3 Å². The van der Waals surface area contributed by atoms with Crippen LogP contribution >= 0.6 is 0 Å². The van der Waals surface area contributed by atoms with Crippen LogP contribution in [0, 0.1) is 0 Å². The van der Waals surface area contributed by atoms with Crippen molar-refractivity contribution < 1.29 is 19.0 Å². The van der Waals surface area contributed by atoms with Gasteiger partial charge in [0.2, 0.25) is 0 Å². The van der Waals surface area contributed by atoms with Crippen LogP contribution in [0.4, 0.5) is 5.69 Å². The molecular weight excluding hydrogens is 368 g/mol. The summed E-state index contributed by atoms with van der Waals surface area (Å²) < 4.78 is 17.2. The minimum absolute atomic E-state index is 0.192. The standard InChI is InChI=1S/C23H30N2O4/c1-4-20(29-22-8-6-5-7-21(22)27-3)23(26)24-17-9-11-18(12-10-17)28-19-13-15-25(2)16-14-19/h5-12,19-20H,4,13-16H2,1-3H3,(H,24,26). The summed E-state index contributed by atoms with van der Waals surface area (Å²) >= 11 is 0. The molecule has 156 valence electrons.